The average molecular weight is 1270 g/mol. The number of nitrogens with one attached hydrogen (secondary N) is 2. The van der Waals surface area contributed by atoms with Gasteiger partial charge in [-0.15, -0.1) is 0 Å². The summed E-state index contributed by atoms with van der Waals surface area (Å²) in [6.45, 7) is 11.9. The number of carbonyl (C=O) groups excluding carboxylic acids is 7. The first-order chi connectivity index (χ1) is 35.9. The molecule has 3 N–H and O–H groups in total. The minimum absolute atomic E-state index is 0.249. The first-order valence-electron chi connectivity index (χ1n) is 24.0. The Morgan fingerprint density at radius 3 is 1.32 bits per heavy atom. The summed E-state index contributed by atoms with van der Waals surface area (Å²) in [7, 11) is -5.26. The zero-order valence-electron chi connectivity index (χ0n) is 43.8. The van der Waals surface area contributed by atoms with Crippen molar-refractivity contribution < 1.29 is 117 Å². The molecule has 0 aromatic rings. The Balaban J connectivity index is 1.86. The van der Waals surface area contributed by atoms with Gasteiger partial charge < -0.3 is 76.9 Å². The van der Waals surface area contributed by atoms with Gasteiger partial charge in [0.25, 0.3) is 0 Å². The molecule has 0 radical (unpaired) electrons. The van der Waals surface area contributed by atoms with Crippen molar-refractivity contribution in [2.75, 3.05) is 26.4 Å². The summed E-state index contributed by atoms with van der Waals surface area (Å²) in [4.78, 5) is 90.1. The lowest BCUT2D eigenvalue weighted by Crippen LogP contribution is -2.69. The Morgan fingerprint density at radius 1 is 0.462 bits per heavy atom. The predicted molar refractivity (Wildman–Crippen MR) is 267 cm³/mol. The molecule has 4 heterocycles. The topological polar surface area (TPSA) is 336 Å². The van der Waals surface area contributed by atoms with Gasteiger partial charge in [-0.1, -0.05) is 90.4 Å². The number of alkyl carbamates (subject to hydrolysis) is 2. The molecule has 4 aliphatic rings. The fourth-order valence-corrected chi connectivity index (χ4v) is 9.63. The van der Waals surface area contributed by atoms with Gasteiger partial charge in [-0.2, -0.15) is 8.42 Å². The fraction of sp³-hybridized carbons (Fsp3) is 0.841. The van der Waals surface area contributed by atoms with Crippen LogP contribution in [0.3, 0.4) is 0 Å². The van der Waals surface area contributed by atoms with Gasteiger partial charge in [-0.05, 0) is 26.7 Å². The minimum atomic E-state index is -5.26. The van der Waals surface area contributed by atoms with Gasteiger partial charge in [0.1, 0.15) is 50.3 Å². The predicted octanol–water partition coefficient (Wildman–Crippen LogP) is 4.09. The summed E-state index contributed by atoms with van der Waals surface area (Å²) >= 11 is 35.1. The Bertz CT molecular complexity index is 2210. The van der Waals surface area contributed by atoms with Crippen molar-refractivity contribution >= 4 is 122 Å². The highest BCUT2D eigenvalue weighted by Gasteiger charge is 2.58. The van der Waals surface area contributed by atoms with Gasteiger partial charge >= 0.3 is 52.4 Å². The van der Waals surface area contributed by atoms with Crippen LogP contribution in [0.5, 0.6) is 0 Å². The molecule has 27 nitrogen and oxygen atoms in total. The molecule has 0 aliphatic carbocycles. The number of alkyl halides is 6. The van der Waals surface area contributed by atoms with Crippen molar-refractivity contribution in [2.45, 2.75) is 188 Å². The van der Waals surface area contributed by atoms with E-state index in [2.05, 4.69) is 10.6 Å². The lowest BCUT2D eigenvalue weighted by Gasteiger charge is -2.51. The van der Waals surface area contributed by atoms with E-state index in [0.29, 0.717) is 0 Å². The summed E-state index contributed by atoms with van der Waals surface area (Å²) in [5.41, 5.74) is 0. The maximum atomic E-state index is 13.7. The van der Waals surface area contributed by atoms with E-state index in [-0.39, 0.29) is 5.92 Å². The van der Waals surface area contributed by atoms with Gasteiger partial charge in [0.05, 0.1) is 37.1 Å². The van der Waals surface area contributed by atoms with E-state index in [1.54, 1.807) is 13.8 Å². The number of halogens is 6. The smallest absolute Gasteiger partial charge is 0.407 e. The first-order valence-corrected chi connectivity index (χ1v) is 27.6. The van der Waals surface area contributed by atoms with E-state index in [0.717, 1.165) is 34.6 Å². The maximum absolute atomic E-state index is 13.7. The molecule has 4 saturated heterocycles. The highest BCUT2D eigenvalue weighted by atomic mass is 35.6. The third-order valence-electron chi connectivity index (χ3n) is 12.6. The molecule has 78 heavy (non-hydrogen) atoms. The molecule has 2 amide bonds. The van der Waals surface area contributed by atoms with E-state index in [4.69, 9.17) is 140 Å². The second-order valence-corrected chi connectivity index (χ2v) is 24.9. The van der Waals surface area contributed by atoms with Crippen LogP contribution in [0.2, 0.25) is 0 Å². The molecule has 4 rings (SSSR count). The second kappa shape index (κ2) is 29.0. The van der Waals surface area contributed by atoms with E-state index >= 15 is 0 Å². The van der Waals surface area contributed by atoms with Crippen LogP contribution in [-0.4, -0.2) is 193 Å². The van der Waals surface area contributed by atoms with E-state index < -0.39 is 202 Å². The van der Waals surface area contributed by atoms with Crippen molar-refractivity contribution in [1.29, 1.82) is 0 Å². The molecule has 0 aromatic carbocycles. The molecule has 0 saturated carbocycles. The summed E-state index contributed by atoms with van der Waals surface area (Å²) in [5, 5.41) is 5.04. The molecule has 4 fully saturated rings. The summed E-state index contributed by atoms with van der Waals surface area (Å²) < 4.78 is 118. The highest BCUT2D eigenvalue weighted by Crippen LogP contribution is 2.40. The lowest BCUT2D eigenvalue weighted by atomic mass is 9.84. The summed E-state index contributed by atoms with van der Waals surface area (Å²) in [6, 6.07) is -3.11. The van der Waals surface area contributed by atoms with Crippen LogP contribution in [0.15, 0.2) is 0 Å². The van der Waals surface area contributed by atoms with Crippen molar-refractivity contribution in [1.82, 2.24) is 10.6 Å². The van der Waals surface area contributed by atoms with Crippen LogP contribution in [-0.2, 0) is 105 Å². The number of rotatable bonds is 19. The van der Waals surface area contributed by atoms with Crippen LogP contribution >= 0.6 is 69.6 Å². The molecule has 448 valence electrons. The van der Waals surface area contributed by atoms with Crippen LogP contribution in [0.4, 0.5) is 9.59 Å². The minimum Gasteiger partial charge on any atom is -0.463 e. The van der Waals surface area contributed by atoms with Gasteiger partial charge in [0, 0.05) is 46.5 Å². The molecular weight excluding hydrogens is 1200 g/mol. The number of carbonyl (C=O) groups is 7. The molecule has 34 heteroatoms. The third kappa shape index (κ3) is 20.6. The first kappa shape index (κ1) is 67.7. The van der Waals surface area contributed by atoms with Crippen LogP contribution in [0, 0.1) is 17.8 Å². The SMILES string of the molecule is CC(=O)OCC1O[C@@H](C)C(NC(=O)OCC(Cl)(Cl)Cl)[C@@H](O[C@@H]2OC(C)[C@@H](O[C@@H]3OC(COS(=O)(=O)O)[C@H](OC(C)=O)[C@H](O[C@@H]4OC(C)[C@@H](C)[C@H](C)C4OC(C)=O)C3NC(=O)OCC(Cl)(Cl)Cl)[C@H](C)C2OC(C)=O)[C@H]1OC(C)=O. The lowest BCUT2D eigenvalue weighted by molar-refractivity contribution is -0.360. The van der Waals surface area contributed by atoms with Crippen molar-refractivity contribution in [3.63, 3.8) is 0 Å². The molecule has 0 bridgehead atoms. The van der Waals surface area contributed by atoms with E-state index in [1.165, 1.54) is 20.8 Å². The molecule has 0 aromatic heterocycles. The molecule has 8 unspecified atom stereocenters. The van der Waals surface area contributed by atoms with Gasteiger partial charge in [0.15, 0.2) is 43.3 Å². The highest BCUT2D eigenvalue weighted by molar-refractivity contribution is 7.80. The Kier molecular flexibility index (Phi) is 25.1. The van der Waals surface area contributed by atoms with Gasteiger partial charge in [-0.25, -0.2) is 13.8 Å². The average Bonchev–Trinajstić information content (AvgIpc) is 3.29. The zero-order valence-corrected chi connectivity index (χ0v) is 49.1. The van der Waals surface area contributed by atoms with Crippen LogP contribution in [0.1, 0.15) is 76.2 Å². The Hall–Kier alpha value is -2.78. The number of hydrogen-bond donors (Lipinski definition) is 3. The Morgan fingerprint density at radius 2 is 0.872 bits per heavy atom. The number of amides is 2. The van der Waals surface area contributed by atoms with Crippen molar-refractivity contribution in [3.05, 3.63) is 0 Å². The van der Waals surface area contributed by atoms with Gasteiger partial charge in [-0.3, -0.25) is 28.5 Å². The third-order valence-corrected chi connectivity index (χ3v) is 13.7. The standard InChI is InChI=1S/C44H64Cl6N2O25S/c1-16-17(2)32(70-23(8)54)39(68-19(16)4)77-37-30(52-42(59)65-15-44(48,49)50)38(74-28(13-66-78(60,61)62)35(37)73-26(11)57)75-31-18(3)33(71-24(9)55)40(69-21(31)6)76-36-29(51-41(58)64-14-43(45,46)47)20(5)67-27(12-63-22(7)53)34(36)72-25(10)56/h16-21,27-40H,12-15H2,1-11H3,(H,51,58)(H,52,59)(H,60,61,62)/t16-,17-,18-,19?,20-,21?,27?,28?,29?,30?,31-,32?,33?,34-,35-,36+,37+,38-,39-,40-/m0/s1. The van der Waals surface area contributed by atoms with Crippen molar-refractivity contribution in [3.8, 4) is 0 Å². The number of ether oxygens (including phenoxy) is 14. The number of esters is 5. The monoisotopic (exact) mass is 1260 g/mol. The van der Waals surface area contributed by atoms with Crippen molar-refractivity contribution in [2.24, 2.45) is 17.8 Å². The van der Waals surface area contributed by atoms with Crippen LogP contribution in [0.25, 0.3) is 0 Å². The number of hydrogen-bond acceptors (Lipinski definition) is 24. The van der Waals surface area contributed by atoms with E-state index in [9.17, 15) is 46.5 Å². The molecule has 0 spiro atoms. The zero-order chi connectivity index (χ0) is 58.9. The molecular formula is C44H64Cl6N2O25S. The summed E-state index contributed by atoms with van der Waals surface area (Å²) in [6.07, 6.45) is -24.3. The largest absolute Gasteiger partial charge is 0.463 e. The fourth-order valence-electron chi connectivity index (χ4n) is 9.00. The molecule has 4 aliphatic heterocycles. The molecule has 20 atom stereocenters. The summed E-state index contributed by atoms with van der Waals surface area (Å²) in [5.74, 6) is -6.10. The van der Waals surface area contributed by atoms with Gasteiger partial charge in [0.2, 0.25) is 7.59 Å². The quantitative estimate of drug-likeness (QED) is 0.0709. The van der Waals surface area contributed by atoms with Crippen LogP contribution < -0.4 is 10.6 Å². The Labute approximate surface area is 479 Å². The van der Waals surface area contributed by atoms with E-state index in [1.807, 2.05) is 6.92 Å². The maximum Gasteiger partial charge on any atom is 0.407 e. The second-order valence-electron chi connectivity index (χ2n) is 18.8. The normalized spacial score (nSPS) is 35.5.